The number of rotatable bonds is 6. The van der Waals surface area contributed by atoms with E-state index < -0.39 is 0 Å². The van der Waals surface area contributed by atoms with Crippen LogP contribution in [0.4, 0.5) is 5.69 Å². The highest BCUT2D eigenvalue weighted by Gasteiger charge is 2.17. The van der Waals surface area contributed by atoms with E-state index in [1.54, 1.807) is 23.3 Å². The number of para-hydroxylation sites is 2. The van der Waals surface area contributed by atoms with Crippen LogP contribution in [0.3, 0.4) is 0 Å². The standard InChI is InChI=1S/C25H20N6O2/c1-17-21(16-27-31(17)20-10-3-2-4-11-20)25(32)28-22-12-6-5-8-18(22)14-23-29-24(30-33-23)19-9-7-13-26-15-19/h2-13,15-16H,14H2,1H3,(H,28,32). The van der Waals surface area contributed by atoms with Crippen molar-refractivity contribution in [1.29, 1.82) is 0 Å². The molecule has 0 radical (unpaired) electrons. The smallest absolute Gasteiger partial charge is 0.259 e. The van der Waals surface area contributed by atoms with Gasteiger partial charge in [-0.05, 0) is 42.8 Å². The SMILES string of the molecule is Cc1c(C(=O)Nc2ccccc2Cc2nc(-c3cccnc3)no2)cnn1-c1ccccc1. The Morgan fingerprint density at radius 1 is 1.00 bits per heavy atom. The molecule has 0 unspecified atom stereocenters. The molecule has 0 aliphatic heterocycles. The van der Waals surface area contributed by atoms with Crippen LogP contribution in [-0.4, -0.2) is 30.8 Å². The Bertz CT molecular complexity index is 1390. The predicted molar refractivity (Wildman–Crippen MR) is 123 cm³/mol. The quantitative estimate of drug-likeness (QED) is 0.422. The van der Waals surface area contributed by atoms with Gasteiger partial charge in [0.2, 0.25) is 11.7 Å². The van der Waals surface area contributed by atoms with E-state index in [0.717, 1.165) is 22.5 Å². The number of nitrogens with zero attached hydrogens (tertiary/aromatic N) is 5. The number of hydrogen-bond donors (Lipinski definition) is 1. The molecule has 5 aromatic rings. The minimum atomic E-state index is -0.233. The number of benzene rings is 2. The molecule has 0 aliphatic rings. The summed E-state index contributed by atoms with van der Waals surface area (Å²) in [5.74, 6) is 0.691. The van der Waals surface area contributed by atoms with Gasteiger partial charge in [0, 0.05) is 23.6 Å². The Morgan fingerprint density at radius 3 is 2.64 bits per heavy atom. The molecular weight excluding hydrogens is 416 g/mol. The molecule has 0 atom stereocenters. The van der Waals surface area contributed by atoms with Crippen molar-refractivity contribution in [2.75, 3.05) is 5.32 Å². The Labute approximate surface area is 189 Å². The van der Waals surface area contributed by atoms with E-state index in [0.29, 0.717) is 29.4 Å². The van der Waals surface area contributed by atoms with Crippen molar-refractivity contribution in [3.05, 3.63) is 108 Å². The van der Waals surface area contributed by atoms with Crippen LogP contribution in [0.5, 0.6) is 0 Å². The minimum absolute atomic E-state index is 0.233. The zero-order valence-electron chi connectivity index (χ0n) is 17.8. The van der Waals surface area contributed by atoms with Crippen molar-refractivity contribution in [3.63, 3.8) is 0 Å². The summed E-state index contributed by atoms with van der Waals surface area (Å²) in [5.41, 5.74) is 4.48. The van der Waals surface area contributed by atoms with Gasteiger partial charge in [0.1, 0.15) is 0 Å². The van der Waals surface area contributed by atoms with Gasteiger partial charge in [-0.15, -0.1) is 0 Å². The maximum atomic E-state index is 13.1. The van der Waals surface area contributed by atoms with Crippen LogP contribution in [0.15, 0.2) is 89.8 Å². The third-order valence-electron chi connectivity index (χ3n) is 5.25. The van der Waals surface area contributed by atoms with Crippen LogP contribution in [0.1, 0.15) is 27.5 Å². The number of anilines is 1. The third-order valence-corrected chi connectivity index (χ3v) is 5.25. The Morgan fingerprint density at radius 2 is 1.82 bits per heavy atom. The summed E-state index contributed by atoms with van der Waals surface area (Å²) in [7, 11) is 0. The van der Waals surface area contributed by atoms with E-state index in [2.05, 4.69) is 25.5 Å². The minimum Gasteiger partial charge on any atom is -0.339 e. The Balaban J connectivity index is 1.35. The molecule has 162 valence electrons. The highest BCUT2D eigenvalue weighted by molar-refractivity contribution is 6.05. The molecular formula is C25H20N6O2. The van der Waals surface area contributed by atoms with Crippen LogP contribution >= 0.6 is 0 Å². The third kappa shape index (κ3) is 4.27. The van der Waals surface area contributed by atoms with Crippen molar-refractivity contribution < 1.29 is 9.32 Å². The van der Waals surface area contributed by atoms with Gasteiger partial charge in [-0.1, -0.05) is 41.6 Å². The predicted octanol–water partition coefficient (Wildman–Crippen LogP) is 4.47. The number of amides is 1. The van der Waals surface area contributed by atoms with E-state index in [1.165, 1.54) is 0 Å². The van der Waals surface area contributed by atoms with E-state index >= 15 is 0 Å². The Hall–Kier alpha value is -4.59. The van der Waals surface area contributed by atoms with Crippen LogP contribution in [0.2, 0.25) is 0 Å². The largest absolute Gasteiger partial charge is 0.339 e. The second kappa shape index (κ2) is 8.88. The summed E-state index contributed by atoms with van der Waals surface area (Å²) in [5, 5.41) is 11.4. The monoisotopic (exact) mass is 436 g/mol. The number of pyridine rings is 1. The lowest BCUT2D eigenvalue weighted by Gasteiger charge is -2.10. The van der Waals surface area contributed by atoms with E-state index in [-0.39, 0.29) is 5.91 Å². The molecule has 0 saturated heterocycles. The summed E-state index contributed by atoms with van der Waals surface area (Å²) >= 11 is 0. The summed E-state index contributed by atoms with van der Waals surface area (Å²) in [4.78, 5) is 21.6. The first-order valence-corrected chi connectivity index (χ1v) is 10.4. The molecule has 0 bridgehead atoms. The zero-order chi connectivity index (χ0) is 22.6. The average molecular weight is 436 g/mol. The lowest BCUT2D eigenvalue weighted by Crippen LogP contribution is -2.14. The van der Waals surface area contributed by atoms with Gasteiger partial charge in [-0.25, -0.2) is 4.68 Å². The maximum Gasteiger partial charge on any atom is 0.259 e. The van der Waals surface area contributed by atoms with Crippen LogP contribution in [0.25, 0.3) is 17.1 Å². The zero-order valence-corrected chi connectivity index (χ0v) is 17.8. The molecule has 8 heteroatoms. The molecule has 3 aromatic heterocycles. The lowest BCUT2D eigenvalue weighted by molar-refractivity contribution is 0.102. The fraction of sp³-hybridized carbons (Fsp3) is 0.0800. The second-order valence-corrected chi connectivity index (χ2v) is 7.43. The van der Waals surface area contributed by atoms with Crippen LogP contribution in [-0.2, 0) is 6.42 Å². The highest BCUT2D eigenvalue weighted by atomic mass is 16.5. The van der Waals surface area contributed by atoms with Crippen molar-refractivity contribution >= 4 is 11.6 Å². The van der Waals surface area contributed by atoms with Crippen molar-refractivity contribution in [2.24, 2.45) is 0 Å². The fourth-order valence-corrected chi connectivity index (χ4v) is 3.55. The molecule has 3 heterocycles. The molecule has 33 heavy (non-hydrogen) atoms. The molecule has 0 fully saturated rings. The first kappa shape index (κ1) is 20.3. The molecule has 1 N–H and O–H groups in total. The highest BCUT2D eigenvalue weighted by Crippen LogP contribution is 2.22. The molecule has 5 rings (SSSR count). The Kier molecular flexibility index (Phi) is 5.47. The van der Waals surface area contributed by atoms with Gasteiger partial charge >= 0.3 is 0 Å². The molecule has 0 saturated carbocycles. The summed E-state index contributed by atoms with van der Waals surface area (Å²) in [6.07, 6.45) is 5.33. The molecule has 2 aromatic carbocycles. The fourth-order valence-electron chi connectivity index (χ4n) is 3.55. The molecule has 0 spiro atoms. The van der Waals surface area contributed by atoms with Gasteiger partial charge < -0.3 is 9.84 Å². The first-order valence-electron chi connectivity index (χ1n) is 10.4. The normalized spacial score (nSPS) is 10.8. The van der Waals surface area contributed by atoms with E-state index in [1.807, 2.05) is 73.7 Å². The van der Waals surface area contributed by atoms with Crippen molar-refractivity contribution in [3.8, 4) is 17.1 Å². The van der Waals surface area contributed by atoms with Gasteiger partial charge in [-0.3, -0.25) is 9.78 Å². The van der Waals surface area contributed by atoms with Gasteiger partial charge in [-0.2, -0.15) is 10.1 Å². The maximum absolute atomic E-state index is 13.1. The molecule has 1 amide bonds. The van der Waals surface area contributed by atoms with Crippen LogP contribution < -0.4 is 5.32 Å². The summed E-state index contributed by atoms with van der Waals surface area (Å²) in [6.45, 7) is 1.87. The number of carbonyl (C=O) groups excluding carboxylic acids is 1. The van der Waals surface area contributed by atoms with E-state index in [9.17, 15) is 4.79 Å². The van der Waals surface area contributed by atoms with Gasteiger partial charge in [0.15, 0.2) is 0 Å². The number of carbonyl (C=O) groups is 1. The van der Waals surface area contributed by atoms with Crippen molar-refractivity contribution in [2.45, 2.75) is 13.3 Å². The molecule has 8 nitrogen and oxygen atoms in total. The second-order valence-electron chi connectivity index (χ2n) is 7.43. The first-order chi connectivity index (χ1) is 16.2. The summed E-state index contributed by atoms with van der Waals surface area (Å²) in [6, 6.07) is 20.9. The van der Waals surface area contributed by atoms with Crippen LogP contribution in [0, 0.1) is 6.92 Å². The number of nitrogens with one attached hydrogen (secondary N) is 1. The number of aromatic nitrogens is 5. The van der Waals surface area contributed by atoms with Gasteiger partial charge in [0.05, 0.1) is 29.6 Å². The lowest BCUT2D eigenvalue weighted by atomic mass is 10.1. The average Bonchev–Trinajstić information content (AvgIpc) is 3.48. The van der Waals surface area contributed by atoms with E-state index in [4.69, 9.17) is 4.52 Å². The molecule has 0 aliphatic carbocycles. The summed E-state index contributed by atoms with van der Waals surface area (Å²) < 4.78 is 7.17. The number of hydrogen-bond acceptors (Lipinski definition) is 6. The topological polar surface area (TPSA) is 98.7 Å². The van der Waals surface area contributed by atoms with Crippen molar-refractivity contribution in [1.82, 2.24) is 24.9 Å². The van der Waals surface area contributed by atoms with Gasteiger partial charge in [0.25, 0.3) is 5.91 Å².